The maximum atomic E-state index is 13.4. The van der Waals surface area contributed by atoms with Crippen molar-refractivity contribution >= 4 is 23.2 Å². The van der Waals surface area contributed by atoms with Gasteiger partial charge in [0.15, 0.2) is 5.76 Å². The fourth-order valence-electron chi connectivity index (χ4n) is 4.17. The molecule has 2 amide bonds. The number of aromatic nitrogens is 1. The van der Waals surface area contributed by atoms with Crippen LogP contribution in [-0.4, -0.2) is 36.9 Å². The Hall–Kier alpha value is -3.82. The normalized spacial score (nSPS) is 15.5. The van der Waals surface area contributed by atoms with Gasteiger partial charge in [-0.25, -0.2) is 0 Å². The molecular formula is C25H25F3N4O3. The summed E-state index contributed by atoms with van der Waals surface area (Å²) in [5, 5.41) is 5.26. The lowest BCUT2D eigenvalue weighted by Gasteiger charge is -2.39. The molecule has 3 heterocycles. The average molecular weight is 486 g/mol. The Morgan fingerprint density at radius 2 is 1.74 bits per heavy atom. The van der Waals surface area contributed by atoms with E-state index in [9.17, 15) is 22.8 Å². The van der Waals surface area contributed by atoms with Crippen LogP contribution in [-0.2, 0) is 11.0 Å². The summed E-state index contributed by atoms with van der Waals surface area (Å²) in [6.45, 7) is 2.77. The monoisotopic (exact) mass is 486 g/mol. The number of carbonyl (C=O) groups is 2. The number of furan rings is 1. The number of alkyl halides is 3. The molecule has 4 rings (SSSR count). The Bertz CT molecular complexity index is 1220. The van der Waals surface area contributed by atoms with Crippen molar-refractivity contribution in [2.75, 3.05) is 30.4 Å². The van der Waals surface area contributed by atoms with Gasteiger partial charge in [-0.1, -0.05) is 6.92 Å². The van der Waals surface area contributed by atoms with Crippen molar-refractivity contribution in [2.45, 2.75) is 25.9 Å². The van der Waals surface area contributed by atoms with Gasteiger partial charge in [-0.2, -0.15) is 13.2 Å². The zero-order chi connectivity index (χ0) is 25.2. The van der Waals surface area contributed by atoms with Crippen molar-refractivity contribution in [3.63, 3.8) is 0 Å². The van der Waals surface area contributed by atoms with E-state index in [2.05, 4.69) is 15.6 Å². The van der Waals surface area contributed by atoms with Gasteiger partial charge in [0, 0.05) is 43.5 Å². The summed E-state index contributed by atoms with van der Waals surface area (Å²) in [4.78, 5) is 31.0. The molecule has 0 radical (unpaired) electrons. The third-order valence-electron chi connectivity index (χ3n) is 6.35. The zero-order valence-electron chi connectivity index (χ0n) is 19.3. The first-order valence-corrected chi connectivity index (χ1v) is 11.1. The number of pyridine rings is 1. The second kappa shape index (κ2) is 9.44. The van der Waals surface area contributed by atoms with E-state index in [0.717, 1.165) is 12.1 Å². The Morgan fingerprint density at radius 1 is 1.06 bits per heavy atom. The second-order valence-corrected chi connectivity index (χ2v) is 8.71. The second-order valence-electron chi connectivity index (χ2n) is 8.71. The minimum atomic E-state index is -4.57. The molecule has 1 saturated heterocycles. The van der Waals surface area contributed by atoms with Gasteiger partial charge in [-0.05, 0) is 55.3 Å². The maximum absolute atomic E-state index is 13.4. The number of anilines is 2. The van der Waals surface area contributed by atoms with Gasteiger partial charge in [0.05, 0.1) is 16.9 Å². The zero-order valence-corrected chi connectivity index (χ0v) is 19.3. The molecule has 3 aromatic rings. The largest absolute Gasteiger partial charge is 0.451 e. The number of piperidine rings is 1. The minimum Gasteiger partial charge on any atom is -0.451 e. The number of hydrogen-bond donors (Lipinski definition) is 2. The van der Waals surface area contributed by atoms with E-state index in [1.54, 1.807) is 37.6 Å². The molecule has 35 heavy (non-hydrogen) atoms. The molecule has 2 N–H and O–H groups in total. The van der Waals surface area contributed by atoms with Gasteiger partial charge in [0.25, 0.3) is 5.91 Å². The Kier molecular flexibility index (Phi) is 6.56. The van der Waals surface area contributed by atoms with E-state index in [1.165, 1.54) is 12.1 Å². The highest BCUT2D eigenvalue weighted by Gasteiger charge is 2.37. The molecule has 1 aliphatic heterocycles. The number of hydrogen-bond acceptors (Lipinski definition) is 5. The van der Waals surface area contributed by atoms with Crippen LogP contribution in [0.4, 0.5) is 24.5 Å². The molecule has 2 aromatic heterocycles. The summed E-state index contributed by atoms with van der Waals surface area (Å²) >= 11 is 0. The number of nitrogens with zero attached hydrogens (tertiary/aromatic N) is 2. The number of amides is 2. The van der Waals surface area contributed by atoms with Crippen LogP contribution in [0, 0.1) is 5.41 Å². The van der Waals surface area contributed by atoms with Gasteiger partial charge in [0.1, 0.15) is 5.76 Å². The Morgan fingerprint density at radius 3 is 2.37 bits per heavy atom. The number of halogens is 3. The first kappa shape index (κ1) is 24.3. The summed E-state index contributed by atoms with van der Waals surface area (Å²) in [7, 11) is 1.58. The van der Waals surface area contributed by atoms with Crippen molar-refractivity contribution in [1.82, 2.24) is 10.3 Å². The van der Waals surface area contributed by atoms with E-state index in [4.69, 9.17) is 4.42 Å². The predicted molar refractivity (Wildman–Crippen MR) is 125 cm³/mol. The number of benzene rings is 1. The standard InChI is InChI=1S/C25H25F3N4O3/c1-24(23(34)29-2)9-13-32(14-10-24)19-4-3-17(25(26,27)28)15-18(19)31-22(33)21-6-5-20(35-21)16-7-11-30-12-8-16/h3-8,11-12,15H,9-10,13-14H2,1-2H3,(H,29,34)(H,31,33). The Balaban J connectivity index is 1.59. The van der Waals surface area contributed by atoms with Gasteiger partial charge in [-0.15, -0.1) is 0 Å². The highest BCUT2D eigenvalue weighted by Crippen LogP contribution is 2.39. The number of rotatable bonds is 5. The van der Waals surface area contributed by atoms with Crippen LogP contribution in [0.5, 0.6) is 0 Å². The molecule has 1 aromatic carbocycles. The lowest BCUT2D eigenvalue weighted by molar-refractivity contribution is -0.137. The molecule has 184 valence electrons. The van der Waals surface area contributed by atoms with Gasteiger partial charge < -0.3 is 20.0 Å². The summed E-state index contributed by atoms with van der Waals surface area (Å²) in [6.07, 6.45) is -0.361. The number of carbonyl (C=O) groups excluding carboxylic acids is 2. The fourth-order valence-corrected chi connectivity index (χ4v) is 4.17. The molecule has 10 heteroatoms. The molecular weight excluding hydrogens is 461 g/mol. The van der Waals surface area contributed by atoms with E-state index in [1.807, 2.05) is 11.8 Å². The van der Waals surface area contributed by atoms with E-state index < -0.39 is 23.1 Å². The third-order valence-corrected chi connectivity index (χ3v) is 6.35. The van der Waals surface area contributed by atoms with Crippen molar-refractivity contribution in [1.29, 1.82) is 0 Å². The summed E-state index contributed by atoms with van der Waals surface area (Å²) in [6, 6.07) is 9.78. The minimum absolute atomic E-state index is 0.0234. The van der Waals surface area contributed by atoms with Gasteiger partial charge >= 0.3 is 6.18 Å². The summed E-state index contributed by atoms with van der Waals surface area (Å²) in [5.74, 6) is -0.337. The molecule has 0 atom stereocenters. The molecule has 0 spiro atoms. The van der Waals surface area contributed by atoms with Crippen LogP contribution in [0.15, 0.2) is 59.3 Å². The topological polar surface area (TPSA) is 87.5 Å². The summed E-state index contributed by atoms with van der Waals surface area (Å²) in [5.41, 5.74) is -0.244. The molecule has 1 fully saturated rings. The van der Waals surface area contributed by atoms with E-state index in [0.29, 0.717) is 42.9 Å². The predicted octanol–water partition coefficient (Wildman–Crippen LogP) is 4.97. The maximum Gasteiger partial charge on any atom is 0.416 e. The molecule has 7 nitrogen and oxygen atoms in total. The quantitative estimate of drug-likeness (QED) is 0.532. The van der Waals surface area contributed by atoms with Gasteiger partial charge in [-0.3, -0.25) is 14.6 Å². The third kappa shape index (κ3) is 5.16. The van der Waals surface area contributed by atoms with Crippen molar-refractivity contribution in [2.24, 2.45) is 5.41 Å². The van der Waals surface area contributed by atoms with Crippen LogP contribution >= 0.6 is 0 Å². The van der Waals surface area contributed by atoms with Crippen molar-refractivity contribution in [3.8, 4) is 11.3 Å². The molecule has 0 aliphatic carbocycles. The highest BCUT2D eigenvalue weighted by molar-refractivity contribution is 6.04. The lowest BCUT2D eigenvalue weighted by Crippen LogP contribution is -2.46. The van der Waals surface area contributed by atoms with E-state index in [-0.39, 0.29) is 17.4 Å². The molecule has 1 aliphatic rings. The van der Waals surface area contributed by atoms with Crippen LogP contribution in [0.3, 0.4) is 0 Å². The van der Waals surface area contributed by atoms with Crippen LogP contribution in [0.25, 0.3) is 11.3 Å². The number of nitrogens with one attached hydrogen (secondary N) is 2. The molecule has 0 saturated carbocycles. The Labute approximate surface area is 200 Å². The molecule has 0 bridgehead atoms. The van der Waals surface area contributed by atoms with Gasteiger partial charge in [0.2, 0.25) is 5.91 Å². The summed E-state index contributed by atoms with van der Waals surface area (Å²) < 4.78 is 45.9. The van der Waals surface area contributed by atoms with Crippen LogP contribution in [0.1, 0.15) is 35.9 Å². The fraction of sp³-hybridized carbons (Fsp3) is 0.320. The van der Waals surface area contributed by atoms with Crippen LogP contribution in [0.2, 0.25) is 0 Å². The first-order valence-electron chi connectivity index (χ1n) is 11.1. The first-order chi connectivity index (χ1) is 16.6. The SMILES string of the molecule is CNC(=O)C1(C)CCN(c2ccc(C(F)(F)F)cc2NC(=O)c2ccc(-c3ccncc3)o2)CC1. The highest BCUT2D eigenvalue weighted by atomic mass is 19.4. The average Bonchev–Trinajstić information content (AvgIpc) is 3.35. The van der Waals surface area contributed by atoms with Crippen molar-refractivity contribution < 1.29 is 27.2 Å². The lowest BCUT2D eigenvalue weighted by atomic mass is 9.79. The van der Waals surface area contributed by atoms with E-state index >= 15 is 0 Å². The molecule has 0 unspecified atom stereocenters. The van der Waals surface area contributed by atoms with Crippen molar-refractivity contribution in [3.05, 3.63) is 66.2 Å². The van der Waals surface area contributed by atoms with Crippen LogP contribution < -0.4 is 15.5 Å². The smallest absolute Gasteiger partial charge is 0.416 e.